The third-order valence-electron chi connectivity index (χ3n) is 1.98. The third kappa shape index (κ3) is 2.25. The van der Waals surface area contributed by atoms with Crippen molar-refractivity contribution in [2.75, 3.05) is 0 Å². The first-order chi connectivity index (χ1) is 7.60. The van der Waals surface area contributed by atoms with Crippen LogP contribution in [0.2, 0.25) is 0 Å². The molecule has 0 aliphatic rings. The highest BCUT2D eigenvalue weighted by atomic mass is 16.4. The first-order valence-corrected chi connectivity index (χ1v) is 4.35. The summed E-state index contributed by atoms with van der Waals surface area (Å²) in [6.07, 6.45) is 2.79. The highest BCUT2D eigenvalue weighted by Gasteiger charge is 2.09. The van der Waals surface area contributed by atoms with Gasteiger partial charge < -0.3 is 9.67 Å². The predicted octanol–water partition coefficient (Wildman–Crippen LogP) is 0.657. The average molecular weight is 216 g/mol. The summed E-state index contributed by atoms with van der Waals surface area (Å²) in [6.45, 7) is 1.66. The van der Waals surface area contributed by atoms with E-state index in [1.807, 2.05) is 6.07 Å². The van der Waals surface area contributed by atoms with Crippen LogP contribution in [0.4, 0.5) is 0 Å². The number of allylic oxidation sites excluding steroid dienone is 1. The summed E-state index contributed by atoms with van der Waals surface area (Å²) in [5.74, 6) is -1.01. The van der Waals surface area contributed by atoms with Crippen LogP contribution in [0.15, 0.2) is 18.0 Å². The molecule has 16 heavy (non-hydrogen) atoms. The lowest BCUT2D eigenvalue weighted by Crippen LogP contribution is -2.02. The van der Waals surface area contributed by atoms with E-state index in [-0.39, 0.29) is 23.5 Å². The van der Waals surface area contributed by atoms with Crippen molar-refractivity contribution in [3.63, 3.8) is 0 Å². The molecular weight excluding hydrogens is 208 g/mol. The summed E-state index contributed by atoms with van der Waals surface area (Å²) in [4.78, 5) is 14.3. The van der Waals surface area contributed by atoms with Crippen LogP contribution in [0, 0.1) is 22.7 Å². The van der Waals surface area contributed by atoms with Crippen molar-refractivity contribution in [1.82, 2.24) is 9.55 Å². The number of hydrogen-bond donors (Lipinski definition) is 1. The van der Waals surface area contributed by atoms with Crippen molar-refractivity contribution in [2.24, 2.45) is 0 Å². The Balaban J connectivity index is 2.97. The van der Waals surface area contributed by atoms with Crippen LogP contribution in [0.1, 0.15) is 18.3 Å². The molecule has 6 nitrogen and oxygen atoms in total. The van der Waals surface area contributed by atoms with Crippen molar-refractivity contribution in [1.29, 1.82) is 10.5 Å². The fourth-order valence-corrected chi connectivity index (χ4v) is 1.04. The molecule has 0 saturated carbocycles. The Morgan fingerprint density at radius 1 is 1.62 bits per heavy atom. The molecule has 1 heterocycles. The molecule has 0 saturated heterocycles. The van der Waals surface area contributed by atoms with Crippen LogP contribution in [0.25, 0.3) is 0 Å². The van der Waals surface area contributed by atoms with Crippen LogP contribution in [0.3, 0.4) is 0 Å². The summed E-state index contributed by atoms with van der Waals surface area (Å²) in [7, 11) is 0. The molecule has 0 aliphatic heterocycles. The smallest absolute Gasteiger partial charge is 0.331 e. The van der Waals surface area contributed by atoms with Gasteiger partial charge in [-0.3, -0.25) is 0 Å². The molecule has 0 fully saturated rings. The molecule has 0 amide bonds. The van der Waals surface area contributed by atoms with E-state index < -0.39 is 5.97 Å². The zero-order valence-corrected chi connectivity index (χ0v) is 8.51. The average Bonchev–Trinajstić information content (AvgIpc) is 2.67. The number of carbonyl (C=O) groups is 1. The van der Waals surface area contributed by atoms with E-state index in [2.05, 4.69) is 4.98 Å². The lowest BCUT2D eigenvalue weighted by Gasteiger charge is -1.98. The molecule has 0 aliphatic carbocycles. The van der Waals surface area contributed by atoms with Crippen LogP contribution < -0.4 is 0 Å². The third-order valence-corrected chi connectivity index (χ3v) is 1.98. The summed E-state index contributed by atoms with van der Waals surface area (Å²) in [5, 5.41) is 26.1. The number of rotatable bonds is 3. The molecule has 0 unspecified atom stereocenters. The van der Waals surface area contributed by atoms with Crippen molar-refractivity contribution < 1.29 is 9.90 Å². The topological polar surface area (TPSA) is 103 Å². The normalized spacial score (nSPS) is 10.6. The van der Waals surface area contributed by atoms with Gasteiger partial charge in [0, 0.05) is 12.1 Å². The lowest BCUT2D eigenvalue weighted by molar-refractivity contribution is -0.132. The molecule has 1 rings (SSSR count). The summed E-state index contributed by atoms with van der Waals surface area (Å²) in [6, 6.07) is 3.64. The molecule has 0 atom stereocenters. The van der Waals surface area contributed by atoms with Gasteiger partial charge in [0.25, 0.3) is 0 Å². The molecular formula is C10H8N4O2. The molecule has 1 N–H and O–H groups in total. The van der Waals surface area contributed by atoms with Crippen LogP contribution in [-0.4, -0.2) is 20.6 Å². The number of carboxylic acids is 1. The van der Waals surface area contributed by atoms with Gasteiger partial charge in [0.2, 0.25) is 0 Å². The van der Waals surface area contributed by atoms with Crippen molar-refractivity contribution in [3.05, 3.63) is 29.4 Å². The lowest BCUT2D eigenvalue weighted by atomic mass is 10.3. The molecule has 6 heteroatoms. The van der Waals surface area contributed by atoms with Crippen molar-refractivity contribution >= 4 is 5.97 Å². The second-order valence-corrected chi connectivity index (χ2v) is 3.01. The highest BCUT2D eigenvalue weighted by molar-refractivity contribution is 5.85. The molecule has 1 aromatic rings. The van der Waals surface area contributed by atoms with E-state index in [9.17, 15) is 4.79 Å². The van der Waals surface area contributed by atoms with Gasteiger partial charge in [-0.1, -0.05) is 6.08 Å². The molecule has 1 aromatic heterocycles. The van der Waals surface area contributed by atoms with Gasteiger partial charge in [-0.05, 0) is 6.92 Å². The monoisotopic (exact) mass is 216 g/mol. The molecule has 0 radical (unpaired) electrons. The van der Waals surface area contributed by atoms with Gasteiger partial charge >= 0.3 is 5.97 Å². The van der Waals surface area contributed by atoms with E-state index in [4.69, 9.17) is 15.6 Å². The van der Waals surface area contributed by atoms with Gasteiger partial charge in [-0.2, -0.15) is 10.5 Å². The SMILES string of the molecule is CC(=CCn1cnc(C#N)c1C#N)C(=O)O. The number of nitrogens with zero attached hydrogens (tertiary/aromatic N) is 4. The Morgan fingerprint density at radius 2 is 2.31 bits per heavy atom. The number of imidazole rings is 1. The molecule has 0 bridgehead atoms. The van der Waals surface area contributed by atoms with E-state index >= 15 is 0 Å². The van der Waals surface area contributed by atoms with E-state index in [1.165, 1.54) is 23.9 Å². The number of aliphatic carboxylic acids is 1. The first kappa shape index (κ1) is 11.5. The summed E-state index contributed by atoms with van der Waals surface area (Å²) < 4.78 is 1.42. The molecule has 80 valence electrons. The maximum atomic E-state index is 10.5. The Hall–Kier alpha value is -2.60. The van der Waals surface area contributed by atoms with Crippen molar-refractivity contribution in [2.45, 2.75) is 13.5 Å². The van der Waals surface area contributed by atoms with Gasteiger partial charge in [-0.15, -0.1) is 0 Å². The first-order valence-electron chi connectivity index (χ1n) is 4.35. The van der Waals surface area contributed by atoms with E-state index in [0.29, 0.717) is 0 Å². The van der Waals surface area contributed by atoms with Gasteiger partial charge in [0.05, 0.1) is 6.33 Å². The van der Waals surface area contributed by atoms with E-state index in [1.54, 1.807) is 6.07 Å². The Labute approximate surface area is 91.7 Å². The minimum atomic E-state index is -1.01. The van der Waals surface area contributed by atoms with E-state index in [0.717, 1.165) is 0 Å². The van der Waals surface area contributed by atoms with Crippen LogP contribution in [0.5, 0.6) is 0 Å². The Morgan fingerprint density at radius 3 is 2.81 bits per heavy atom. The fraction of sp³-hybridized carbons (Fsp3) is 0.200. The zero-order chi connectivity index (χ0) is 12.1. The quantitative estimate of drug-likeness (QED) is 0.747. The van der Waals surface area contributed by atoms with Gasteiger partial charge in [0.15, 0.2) is 11.4 Å². The highest BCUT2D eigenvalue weighted by Crippen LogP contribution is 2.05. The maximum absolute atomic E-state index is 10.5. The number of aromatic nitrogens is 2. The van der Waals surface area contributed by atoms with Crippen molar-refractivity contribution in [3.8, 4) is 12.1 Å². The van der Waals surface area contributed by atoms with Gasteiger partial charge in [0.1, 0.15) is 12.1 Å². The minimum Gasteiger partial charge on any atom is -0.478 e. The maximum Gasteiger partial charge on any atom is 0.331 e. The molecule has 0 spiro atoms. The minimum absolute atomic E-state index is 0.0453. The Bertz CT molecular complexity index is 528. The number of nitriles is 2. The second kappa shape index (κ2) is 4.76. The largest absolute Gasteiger partial charge is 0.478 e. The van der Waals surface area contributed by atoms with Gasteiger partial charge in [-0.25, -0.2) is 9.78 Å². The Kier molecular flexibility index (Phi) is 3.41. The number of hydrogen-bond acceptors (Lipinski definition) is 4. The predicted molar refractivity (Wildman–Crippen MR) is 53.0 cm³/mol. The standard InChI is InChI=1S/C10H8N4O2/c1-7(10(15)16)2-3-14-6-13-8(4-11)9(14)5-12/h2,6H,3H2,1H3,(H,15,16). The zero-order valence-electron chi connectivity index (χ0n) is 8.51. The fourth-order valence-electron chi connectivity index (χ4n) is 1.04. The van der Waals surface area contributed by atoms with Crippen LogP contribution in [-0.2, 0) is 11.3 Å². The number of carboxylic acid groups (broad SMARTS) is 1. The second-order valence-electron chi connectivity index (χ2n) is 3.01. The summed E-state index contributed by atoms with van der Waals surface area (Å²) in [5.41, 5.74) is 0.358. The summed E-state index contributed by atoms with van der Waals surface area (Å²) >= 11 is 0. The van der Waals surface area contributed by atoms with Crippen LogP contribution >= 0.6 is 0 Å². The molecule has 0 aromatic carbocycles.